The first-order chi connectivity index (χ1) is 17.2. The van der Waals surface area contributed by atoms with Crippen LogP contribution in [-0.2, 0) is 24.1 Å². The largest absolute Gasteiger partial charge is 0.491 e. The van der Waals surface area contributed by atoms with E-state index in [4.69, 9.17) is 9.47 Å². The average Bonchev–Trinajstić information content (AvgIpc) is 3.66. The number of carbonyl (C=O) groups is 1. The van der Waals surface area contributed by atoms with E-state index in [1.165, 1.54) is 42.4 Å². The predicted molar refractivity (Wildman–Crippen MR) is 137 cm³/mol. The first kappa shape index (κ1) is 23.1. The van der Waals surface area contributed by atoms with Crippen LogP contribution in [0.4, 0.5) is 0 Å². The standard InChI is InChI=1S/C30H38N2O3/c33-30(22-8-11-27(12-9-22)35-19-28-2-1-13-34-28)32-26-10-7-23-15-21(4-5-24(23)17-26)18-31-29-16-20-3-6-25(29)14-20/h4-5,8-9,11-12,15,20,25-26,28-29,31H,1-3,6-7,10,13-14,16-19H2,(H,32,33)/t20-,25+,26-,28-,29+/m0/s1. The van der Waals surface area contributed by atoms with Crippen molar-refractivity contribution in [3.8, 4) is 5.75 Å². The molecular weight excluding hydrogens is 436 g/mol. The van der Waals surface area contributed by atoms with Crippen LogP contribution < -0.4 is 15.4 Å². The Morgan fingerprint density at radius 2 is 1.91 bits per heavy atom. The van der Waals surface area contributed by atoms with E-state index in [0.717, 1.165) is 68.9 Å². The molecule has 35 heavy (non-hydrogen) atoms. The lowest BCUT2D eigenvalue weighted by Gasteiger charge is -2.27. The van der Waals surface area contributed by atoms with Gasteiger partial charge >= 0.3 is 0 Å². The number of ether oxygens (including phenoxy) is 2. The summed E-state index contributed by atoms with van der Waals surface area (Å²) in [6.45, 7) is 2.39. The van der Waals surface area contributed by atoms with Crippen molar-refractivity contribution in [3.05, 3.63) is 64.7 Å². The van der Waals surface area contributed by atoms with Crippen molar-refractivity contribution in [1.82, 2.24) is 10.6 Å². The van der Waals surface area contributed by atoms with Gasteiger partial charge in [-0.25, -0.2) is 0 Å². The Kier molecular flexibility index (Phi) is 6.80. The van der Waals surface area contributed by atoms with Crippen LogP contribution in [0.5, 0.6) is 5.75 Å². The first-order valence-corrected chi connectivity index (χ1v) is 13.7. The van der Waals surface area contributed by atoms with E-state index in [1.54, 1.807) is 0 Å². The molecule has 4 aliphatic rings. The number of fused-ring (bicyclic) bond motifs is 3. The van der Waals surface area contributed by atoms with Crippen LogP contribution in [0.25, 0.3) is 0 Å². The molecule has 186 valence electrons. The average molecular weight is 475 g/mol. The van der Waals surface area contributed by atoms with E-state index in [0.29, 0.717) is 12.2 Å². The van der Waals surface area contributed by atoms with Gasteiger partial charge in [0, 0.05) is 30.8 Å². The van der Waals surface area contributed by atoms with Crippen LogP contribution in [0.1, 0.15) is 72.0 Å². The molecule has 3 fully saturated rings. The van der Waals surface area contributed by atoms with Crippen molar-refractivity contribution in [3.63, 3.8) is 0 Å². The molecule has 5 nitrogen and oxygen atoms in total. The molecule has 5 atom stereocenters. The van der Waals surface area contributed by atoms with Crippen molar-refractivity contribution in [2.24, 2.45) is 11.8 Å². The number of rotatable bonds is 8. The molecule has 2 bridgehead atoms. The molecule has 3 aliphatic carbocycles. The summed E-state index contributed by atoms with van der Waals surface area (Å²) in [6, 6.07) is 15.3. The summed E-state index contributed by atoms with van der Waals surface area (Å²) in [7, 11) is 0. The zero-order valence-electron chi connectivity index (χ0n) is 20.6. The van der Waals surface area contributed by atoms with Gasteiger partial charge in [0.1, 0.15) is 12.4 Å². The fourth-order valence-corrected chi connectivity index (χ4v) is 6.72. The predicted octanol–water partition coefficient (Wildman–Crippen LogP) is 4.81. The normalized spacial score (nSPS) is 29.2. The molecule has 2 aromatic carbocycles. The number of amides is 1. The summed E-state index contributed by atoms with van der Waals surface area (Å²) >= 11 is 0. The molecule has 0 radical (unpaired) electrons. The number of nitrogens with one attached hydrogen (secondary N) is 2. The summed E-state index contributed by atoms with van der Waals surface area (Å²) in [6.07, 6.45) is 11.0. The van der Waals surface area contributed by atoms with Crippen LogP contribution >= 0.6 is 0 Å². The third-order valence-corrected chi connectivity index (χ3v) is 8.72. The van der Waals surface area contributed by atoms with Crippen molar-refractivity contribution in [2.45, 2.75) is 82.5 Å². The minimum absolute atomic E-state index is 0.00388. The van der Waals surface area contributed by atoms with Gasteiger partial charge < -0.3 is 20.1 Å². The molecule has 2 aromatic rings. The SMILES string of the molecule is O=C(N[C@H]1CCc2cc(CN[C@@H]3C[C@H]4CC[C@@H]3C4)ccc2C1)c1ccc(OC[C@@H]2CCCO2)cc1. The molecule has 5 heteroatoms. The highest BCUT2D eigenvalue weighted by molar-refractivity contribution is 5.94. The number of hydrogen-bond acceptors (Lipinski definition) is 4. The Morgan fingerprint density at radius 1 is 1.00 bits per heavy atom. The molecule has 1 aliphatic heterocycles. The van der Waals surface area contributed by atoms with Crippen molar-refractivity contribution < 1.29 is 14.3 Å². The molecule has 0 aromatic heterocycles. The minimum atomic E-state index is -0.00388. The Bertz CT molecular complexity index is 1030. The van der Waals surface area contributed by atoms with E-state index in [2.05, 4.69) is 28.8 Å². The molecule has 1 saturated heterocycles. The summed E-state index contributed by atoms with van der Waals surface area (Å²) in [5, 5.41) is 7.10. The molecule has 2 saturated carbocycles. The molecule has 0 spiro atoms. The number of aryl methyl sites for hydroxylation is 1. The topological polar surface area (TPSA) is 59.6 Å². The third kappa shape index (κ3) is 5.41. The minimum Gasteiger partial charge on any atom is -0.491 e. The van der Waals surface area contributed by atoms with Crippen LogP contribution in [-0.4, -0.2) is 37.3 Å². The Morgan fingerprint density at radius 3 is 2.69 bits per heavy atom. The molecule has 1 amide bonds. The second-order valence-corrected chi connectivity index (χ2v) is 11.1. The molecule has 6 rings (SSSR count). The summed E-state index contributed by atoms with van der Waals surface area (Å²) in [5.74, 6) is 2.68. The number of hydrogen-bond donors (Lipinski definition) is 2. The molecule has 0 unspecified atom stereocenters. The zero-order chi connectivity index (χ0) is 23.6. The van der Waals surface area contributed by atoms with Crippen LogP contribution in [0.2, 0.25) is 0 Å². The van der Waals surface area contributed by atoms with E-state index < -0.39 is 0 Å². The zero-order valence-corrected chi connectivity index (χ0v) is 20.6. The molecular formula is C30H38N2O3. The second kappa shape index (κ2) is 10.3. The van der Waals surface area contributed by atoms with E-state index >= 15 is 0 Å². The van der Waals surface area contributed by atoms with Crippen molar-refractivity contribution >= 4 is 5.91 Å². The third-order valence-electron chi connectivity index (χ3n) is 8.72. The van der Waals surface area contributed by atoms with Gasteiger partial charge in [0.25, 0.3) is 5.91 Å². The summed E-state index contributed by atoms with van der Waals surface area (Å²) in [4.78, 5) is 12.8. The molecule has 2 N–H and O–H groups in total. The first-order valence-electron chi connectivity index (χ1n) is 13.7. The van der Waals surface area contributed by atoms with Gasteiger partial charge in [-0.05, 0) is 104 Å². The lowest BCUT2D eigenvalue weighted by molar-refractivity contribution is 0.0679. The molecule has 1 heterocycles. The van der Waals surface area contributed by atoms with E-state index in [1.807, 2.05) is 24.3 Å². The van der Waals surface area contributed by atoms with Crippen LogP contribution in [0, 0.1) is 11.8 Å². The monoisotopic (exact) mass is 474 g/mol. The van der Waals surface area contributed by atoms with E-state index in [9.17, 15) is 4.79 Å². The lowest BCUT2D eigenvalue weighted by Crippen LogP contribution is -2.39. The highest BCUT2D eigenvalue weighted by atomic mass is 16.5. The van der Waals surface area contributed by atoms with Gasteiger partial charge in [-0.15, -0.1) is 0 Å². The van der Waals surface area contributed by atoms with Gasteiger partial charge in [0.2, 0.25) is 0 Å². The Balaban J connectivity index is 0.984. The van der Waals surface area contributed by atoms with E-state index in [-0.39, 0.29) is 18.1 Å². The number of benzene rings is 2. The van der Waals surface area contributed by atoms with Crippen LogP contribution in [0.15, 0.2) is 42.5 Å². The van der Waals surface area contributed by atoms with Gasteiger partial charge in [-0.3, -0.25) is 4.79 Å². The maximum atomic E-state index is 12.8. The van der Waals surface area contributed by atoms with Gasteiger partial charge in [0.05, 0.1) is 6.10 Å². The highest BCUT2D eigenvalue weighted by Gasteiger charge is 2.39. The van der Waals surface area contributed by atoms with Crippen molar-refractivity contribution in [1.29, 1.82) is 0 Å². The maximum Gasteiger partial charge on any atom is 0.251 e. The Hall–Kier alpha value is -2.37. The van der Waals surface area contributed by atoms with Gasteiger partial charge in [0.15, 0.2) is 0 Å². The maximum absolute atomic E-state index is 12.8. The summed E-state index contributed by atoms with van der Waals surface area (Å²) in [5.41, 5.74) is 4.91. The Labute approximate surface area is 209 Å². The highest BCUT2D eigenvalue weighted by Crippen LogP contribution is 2.44. The fourth-order valence-electron chi connectivity index (χ4n) is 6.72. The smallest absolute Gasteiger partial charge is 0.251 e. The van der Waals surface area contributed by atoms with Crippen LogP contribution in [0.3, 0.4) is 0 Å². The fraction of sp³-hybridized carbons (Fsp3) is 0.567. The number of carbonyl (C=O) groups excluding carboxylic acids is 1. The summed E-state index contributed by atoms with van der Waals surface area (Å²) < 4.78 is 11.4. The quantitative estimate of drug-likeness (QED) is 0.577. The second-order valence-electron chi connectivity index (χ2n) is 11.1. The van der Waals surface area contributed by atoms with Gasteiger partial charge in [-0.2, -0.15) is 0 Å². The van der Waals surface area contributed by atoms with Crippen molar-refractivity contribution in [2.75, 3.05) is 13.2 Å². The lowest BCUT2D eigenvalue weighted by atomic mass is 9.87. The van der Waals surface area contributed by atoms with Gasteiger partial charge in [-0.1, -0.05) is 24.6 Å².